The van der Waals surface area contributed by atoms with Crippen LogP contribution >= 0.6 is 16.1 Å². The number of unbranched alkanes of at least 4 members (excludes halogenated alkanes) is 9. The Labute approximate surface area is 291 Å². The van der Waals surface area contributed by atoms with E-state index in [2.05, 4.69) is 136 Å². The maximum absolute atomic E-state index is 3.06. The largest absolute Gasteiger partial charge is 0.245 e. The number of nitrogens with zero attached hydrogens (tertiary/aromatic N) is 1. The topological polar surface area (TPSA) is 3.24 Å². The van der Waals surface area contributed by atoms with Crippen molar-refractivity contribution in [1.82, 2.24) is 4.44 Å². The fourth-order valence-corrected chi connectivity index (χ4v) is 13.8. The van der Waals surface area contributed by atoms with Crippen LogP contribution in [0.1, 0.15) is 121 Å². The molecule has 4 rings (SSSR count). The van der Waals surface area contributed by atoms with Gasteiger partial charge in [0.05, 0.1) is 0 Å². The predicted octanol–water partition coefficient (Wildman–Crippen LogP) is 11.6. The number of benzene rings is 4. The number of hydrogen-bond acceptors (Lipinski definition) is 1. The van der Waals surface area contributed by atoms with Crippen molar-refractivity contribution in [2.24, 2.45) is 0 Å². The highest BCUT2D eigenvalue weighted by atomic mass is 31.2. The van der Waals surface area contributed by atoms with Crippen molar-refractivity contribution in [3.63, 3.8) is 0 Å². The molecule has 0 aliphatic heterocycles. The number of aryl methyl sites for hydroxylation is 4. The molecular formula is C44H61NP2. The van der Waals surface area contributed by atoms with E-state index in [1.54, 1.807) is 21.2 Å². The number of hydrogen-bond donors (Lipinski definition) is 0. The Kier molecular flexibility index (Phi) is 16.7. The monoisotopic (exact) mass is 665 g/mol. The molecular weight excluding hydrogens is 604 g/mol. The molecule has 0 amide bonds. The normalized spacial score (nSPS) is 11.7. The molecule has 0 aliphatic carbocycles. The standard InChI is InChI=1S/C44H61NP2/c1-6-11-12-13-14-15-16-17-18-27-36-45(46(41-32-23-19-28-37(41)7-2)42-33-24-20-29-38(42)8-3)47(43-34-25-21-30-39(43)9-4)44-35-26-22-31-40(44)10-5/h19-26,28-35H,6-18,27,36H2,1-5H3. The lowest BCUT2D eigenvalue weighted by molar-refractivity contribution is 0.541. The van der Waals surface area contributed by atoms with Gasteiger partial charge in [0, 0.05) is 22.7 Å². The summed E-state index contributed by atoms with van der Waals surface area (Å²) in [5, 5.41) is 6.20. The van der Waals surface area contributed by atoms with Crippen LogP contribution in [0.2, 0.25) is 0 Å². The molecule has 0 fully saturated rings. The molecule has 1 nitrogen and oxygen atoms in total. The third kappa shape index (κ3) is 10.3. The van der Waals surface area contributed by atoms with Crippen LogP contribution in [0, 0.1) is 0 Å². The maximum atomic E-state index is 3.06. The lowest BCUT2D eigenvalue weighted by atomic mass is 10.1. The second kappa shape index (κ2) is 20.9. The van der Waals surface area contributed by atoms with Crippen LogP contribution in [-0.2, 0) is 25.7 Å². The average molecular weight is 666 g/mol. The van der Waals surface area contributed by atoms with E-state index < -0.39 is 16.1 Å². The molecule has 4 aromatic carbocycles. The molecule has 252 valence electrons. The van der Waals surface area contributed by atoms with E-state index in [-0.39, 0.29) is 0 Å². The Hall–Kier alpha value is -2.30. The highest BCUT2D eigenvalue weighted by Crippen LogP contribution is 2.56. The van der Waals surface area contributed by atoms with Crippen molar-refractivity contribution in [2.75, 3.05) is 6.54 Å². The van der Waals surface area contributed by atoms with Gasteiger partial charge in [0.1, 0.15) is 0 Å². The smallest absolute Gasteiger partial charge is 0.0328 e. The van der Waals surface area contributed by atoms with Crippen LogP contribution < -0.4 is 21.2 Å². The summed E-state index contributed by atoms with van der Waals surface area (Å²) >= 11 is 0. The fraction of sp³-hybridized carbons (Fsp3) is 0.455. The zero-order valence-corrected chi connectivity index (χ0v) is 32.0. The first-order valence-electron chi connectivity index (χ1n) is 18.9. The van der Waals surface area contributed by atoms with Gasteiger partial charge < -0.3 is 0 Å². The minimum Gasteiger partial charge on any atom is -0.245 e. The zero-order valence-electron chi connectivity index (χ0n) is 30.2. The van der Waals surface area contributed by atoms with Crippen LogP contribution in [0.15, 0.2) is 97.1 Å². The van der Waals surface area contributed by atoms with Crippen LogP contribution in [-0.4, -0.2) is 11.0 Å². The maximum Gasteiger partial charge on any atom is 0.0328 e. The van der Waals surface area contributed by atoms with Gasteiger partial charge in [-0.1, -0.05) is 189 Å². The lowest BCUT2D eigenvalue weighted by Crippen LogP contribution is -2.35. The van der Waals surface area contributed by atoms with Crippen LogP contribution in [0.4, 0.5) is 0 Å². The van der Waals surface area contributed by atoms with Gasteiger partial charge in [-0.3, -0.25) is 0 Å². The second-order valence-corrected chi connectivity index (χ2v) is 17.3. The van der Waals surface area contributed by atoms with Gasteiger partial charge in [-0.25, -0.2) is 4.44 Å². The number of rotatable bonds is 21. The van der Waals surface area contributed by atoms with E-state index in [4.69, 9.17) is 0 Å². The van der Waals surface area contributed by atoms with Gasteiger partial charge in [0.25, 0.3) is 0 Å². The summed E-state index contributed by atoms with van der Waals surface area (Å²) in [6.45, 7) is 12.8. The average Bonchev–Trinajstić information content (AvgIpc) is 3.13. The summed E-state index contributed by atoms with van der Waals surface area (Å²) in [5.74, 6) is 0. The molecule has 0 N–H and O–H groups in total. The predicted molar refractivity (Wildman–Crippen MR) is 214 cm³/mol. The van der Waals surface area contributed by atoms with Crippen molar-refractivity contribution in [2.45, 2.75) is 125 Å². The zero-order chi connectivity index (χ0) is 33.3. The van der Waals surface area contributed by atoms with Gasteiger partial charge in [-0.15, -0.1) is 0 Å². The summed E-state index contributed by atoms with van der Waals surface area (Å²) < 4.78 is 3.06. The molecule has 3 heteroatoms. The van der Waals surface area contributed by atoms with Crippen molar-refractivity contribution in [3.8, 4) is 0 Å². The molecule has 0 heterocycles. The minimum atomic E-state index is -0.763. The molecule has 0 bridgehead atoms. The van der Waals surface area contributed by atoms with Crippen molar-refractivity contribution < 1.29 is 0 Å². The molecule has 4 aromatic rings. The molecule has 0 unspecified atom stereocenters. The van der Waals surface area contributed by atoms with E-state index in [1.807, 2.05) is 0 Å². The first-order valence-corrected chi connectivity index (χ1v) is 21.5. The minimum absolute atomic E-state index is 0.763. The molecule has 47 heavy (non-hydrogen) atoms. The Morgan fingerprint density at radius 1 is 0.362 bits per heavy atom. The summed E-state index contributed by atoms with van der Waals surface area (Å²) in [6.07, 6.45) is 17.9. The lowest BCUT2D eigenvalue weighted by Gasteiger charge is -2.41. The first kappa shape index (κ1) is 37.5. The molecule has 0 aliphatic rings. The Balaban J connectivity index is 1.83. The first-order chi connectivity index (χ1) is 23.2. The molecule has 0 radical (unpaired) electrons. The highest BCUT2D eigenvalue weighted by molar-refractivity contribution is 7.84. The Morgan fingerprint density at radius 2 is 0.638 bits per heavy atom. The van der Waals surface area contributed by atoms with Crippen molar-refractivity contribution in [3.05, 3.63) is 119 Å². The van der Waals surface area contributed by atoms with E-state index in [9.17, 15) is 0 Å². The second-order valence-electron chi connectivity index (χ2n) is 12.8. The summed E-state index contributed by atoms with van der Waals surface area (Å²) in [4.78, 5) is 0. The SMILES string of the molecule is CCCCCCCCCCCCN(P(c1ccccc1CC)c1ccccc1CC)P(c1ccccc1CC)c1ccccc1CC. The quantitative estimate of drug-likeness (QED) is 0.0632. The molecule has 0 saturated heterocycles. The van der Waals surface area contributed by atoms with Gasteiger partial charge >= 0.3 is 0 Å². The van der Waals surface area contributed by atoms with Crippen molar-refractivity contribution in [1.29, 1.82) is 0 Å². The molecule has 0 saturated carbocycles. The van der Waals surface area contributed by atoms with E-state index in [0.29, 0.717) is 0 Å². The third-order valence-corrected chi connectivity index (χ3v) is 15.5. The van der Waals surface area contributed by atoms with Crippen LogP contribution in [0.25, 0.3) is 0 Å². The summed E-state index contributed by atoms with van der Waals surface area (Å²) in [6, 6.07) is 37.6. The summed E-state index contributed by atoms with van der Waals surface area (Å²) in [7, 11) is -1.53. The van der Waals surface area contributed by atoms with Crippen molar-refractivity contribution >= 4 is 37.4 Å². The van der Waals surface area contributed by atoms with E-state index in [1.165, 1.54) is 86.5 Å². The molecule has 0 aromatic heterocycles. The fourth-order valence-electron chi connectivity index (χ4n) is 6.85. The highest BCUT2D eigenvalue weighted by Gasteiger charge is 2.34. The summed E-state index contributed by atoms with van der Waals surface area (Å²) in [5.41, 5.74) is 6.00. The Bertz CT molecular complexity index is 1270. The molecule has 0 atom stereocenters. The van der Waals surface area contributed by atoms with Gasteiger partial charge in [-0.05, 0) is 75.6 Å². The third-order valence-electron chi connectivity index (χ3n) is 9.58. The van der Waals surface area contributed by atoms with E-state index in [0.717, 1.165) is 32.2 Å². The van der Waals surface area contributed by atoms with Gasteiger partial charge in [-0.2, -0.15) is 0 Å². The van der Waals surface area contributed by atoms with E-state index >= 15 is 0 Å². The van der Waals surface area contributed by atoms with Crippen LogP contribution in [0.5, 0.6) is 0 Å². The van der Waals surface area contributed by atoms with Gasteiger partial charge in [0.15, 0.2) is 0 Å². The van der Waals surface area contributed by atoms with Gasteiger partial charge in [0.2, 0.25) is 0 Å². The molecule has 0 spiro atoms. The van der Waals surface area contributed by atoms with Crippen LogP contribution in [0.3, 0.4) is 0 Å². The Morgan fingerprint density at radius 3 is 0.936 bits per heavy atom.